The summed E-state index contributed by atoms with van der Waals surface area (Å²) in [5.41, 5.74) is 0. The normalized spacial score (nSPS) is 5.14. The number of ether oxygens (including phenoxy) is 1. The maximum absolute atomic E-state index is 4.54. The van der Waals surface area contributed by atoms with Crippen molar-refractivity contribution in [1.29, 1.82) is 0 Å². The summed E-state index contributed by atoms with van der Waals surface area (Å²) in [6.45, 7) is 6.78. The van der Waals surface area contributed by atoms with Crippen molar-refractivity contribution in [3.05, 3.63) is 0 Å². The van der Waals surface area contributed by atoms with Gasteiger partial charge >= 0.3 is 0 Å². The van der Waals surface area contributed by atoms with Gasteiger partial charge in [0.05, 0.1) is 0 Å². The van der Waals surface area contributed by atoms with E-state index in [1.54, 1.807) is 7.11 Å². The average molecular weight is 106 g/mol. The SMILES string of the molecule is C.CC.CCOC. The summed E-state index contributed by atoms with van der Waals surface area (Å²) < 4.78 is 4.54. The fraction of sp³-hybridized carbons (Fsp3) is 1.00. The lowest BCUT2D eigenvalue weighted by molar-refractivity contribution is 0.215. The molecule has 0 bridgehead atoms. The predicted octanol–water partition coefficient (Wildman–Crippen LogP) is 2.32. The van der Waals surface area contributed by atoms with Crippen LogP contribution in [0.15, 0.2) is 0 Å². The number of hydrogen-bond acceptors (Lipinski definition) is 1. The minimum Gasteiger partial charge on any atom is -0.385 e. The van der Waals surface area contributed by atoms with Crippen LogP contribution in [0.3, 0.4) is 0 Å². The largest absolute Gasteiger partial charge is 0.385 e. The minimum absolute atomic E-state index is 0. The molecule has 0 amide bonds. The molecule has 0 radical (unpaired) electrons. The standard InChI is InChI=1S/C3H8O.C2H6.CH4/c1-3-4-2;1-2;/h3H2,1-2H3;1-2H3;1H4. The molecule has 0 saturated heterocycles. The summed E-state index contributed by atoms with van der Waals surface area (Å²) in [4.78, 5) is 0. The predicted molar refractivity (Wildman–Crippen MR) is 35.6 cm³/mol. The van der Waals surface area contributed by atoms with Gasteiger partial charge in [-0.15, -0.1) is 0 Å². The van der Waals surface area contributed by atoms with Crippen molar-refractivity contribution in [2.24, 2.45) is 0 Å². The Bertz CT molecular complexity index is 6.14. The summed E-state index contributed by atoms with van der Waals surface area (Å²) in [5, 5.41) is 0. The van der Waals surface area contributed by atoms with Crippen molar-refractivity contribution in [2.75, 3.05) is 13.7 Å². The molecule has 1 heteroatoms. The Morgan fingerprint density at radius 1 is 1.29 bits per heavy atom. The van der Waals surface area contributed by atoms with Gasteiger partial charge in [-0.3, -0.25) is 0 Å². The summed E-state index contributed by atoms with van der Waals surface area (Å²) in [7, 11) is 1.68. The van der Waals surface area contributed by atoms with E-state index in [0.717, 1.165) is 6.61 Å². The lowest BCUT2D eigenvalue weighted by atomic mass is 10.9. The lowest BCUT2D eigenvalue weighted by Crippen LogP contribution is -1.73. The molecular formula is C6H18O. The molecule has 0 spiro atoms. The fourth-order valence-electron chi connectivity index (χ4n) is 0. The summed E-state index contributed by atoms with van der Waals surface area (Å²) in [5.74, 6) is 0. The molecule has 0 N–H and O–H groups in total. The molecule has 0 aliphatic carbocycles. The Kier molecular flexibility index (Phi) is 86.0. The smallest absolute Gasteiger partial charge is 0.0433 e. The van der Waals surface area contributed by atoms with E-state index in [-0.39, 0.29) is 7.43 Å². The van der Waals surface area contributed by atoms with Crippen molar-refractivity contribution in [3.63, 3.8) is 0 Å². The highest BCUT2D eigenvalue weighted by Crippen LogP contribution is 1.52. The second-order valence-electron chi connectivity index (χ2n) is 0.577. The van der Waals surface area contributed by atoms with Gasteiger partial charge in [0.1, 0.15) is 0 Å². The zero-order valence-corrected chi connectivity index (χ0v) is 5.12. The van der Waals surface area contributed by atoms with Crippen molar-refractivity contribution < 1.29 is 4.74 Å². The van der Waals surface area contributed by atoms with Gasteiger partial charge in [0, 0.05) is 13.7 Å². The first-order valence-electron chi connectivity index (χ1n) is 2.40. The van der Waals surface area contributed by atoms with Crippen molar-refractivity contribution in [1.82, 2.24) is 0 Å². The molecule has 0 rings (SSSR count). The number of hydrogen-bond donors (Lipinski definition) is 0. The first-order valence-corrected chi connectivity index (χ1v) is 2.40. The minimum atomic E-state index is 0. The summed E-state index contributed by atoms with van der Waals surface area (Å²) >= 11 is 0. The van der Waals surface area contributed by atoms with E-state index < -0.39 is 0 Å². The van der Waals surface area contributed by atoms with Crippen molar-refractivity contribution >= 4 is 0 Å². The molecule has 0 unspecified atom stereocenters. The van der Waals surface area contributed by atoms with Gasteiger partial charge in [-0.2, -0.15) is 0 Å². The van der Waals surface area contributed by atoms with E-state index in [4.69, 9.17) is 0 Å². The molecule has 0 aliphatic rings. The van der Waals surface area contributed by atoms with Crippen LogP contribution in [0.1, 0.15) is 28.2 Å². The summed E-state index contributed by atoms with van der Waals surface area (Å²) in [6, 6.07) is 0. The molecule has 1 nitrogen and oxygen atoms in total. The topological polar surface area (TPSA) is 9.23 Å². The highest BCUT2D eigenvalue weighted by atomic mass is 16.5. The average Bonchev–Trinajstić information content (AvgIpc) is 1.72. The molecule has 0 aliphatic heterocycles. The second kappa shape index (κ2) is 38.2. The van der Waals surface area contributed by atoms with E-state index in [1.165, 1.54) is 0 Å². The Hall–Kier alpha value is -0.0400. The van der Waals surface area contributed by atoms with Crippen LogP contribution in [0.25, 0.3) is 0 Å². The van der Waals surface area contributed by atoms with Gasteiger partial charge in [0.25, 0.3) is 0 Å². The first-order chi connectivity index (χ1) is 2.91. The van der Waals surface area contributed by atoms with Crippen LogP contribution in [-0.4, -0.2) is 13.7 Å². The van der Waals surface area contributed by atoms with Crippen LogP contribution < -0.4 is 0 Å². The molecule has 0 aromatic carbocycles. The maximum Gasteiger partial charge on any atom is 0.0433 e. The van der Waals surface area contributed by atoms with Crippen LogP contribution in [0, 0.1) is 0 Å². The zero-order chi connectivity index (χ0) is 5.41. The quantitative estimate of drug-likeness (QED) is 0.498. The van der Waals surface area contributed by atoms with Gasteiger partial charge in [0.2, 0.25) is 0 Å². The van der Waals surface area contributed by atoms with Gasteiger partial charge < -0.3 is 4.74 Å². The third kappa shape index (κ3) is 101. The monoisotopic (exact) mass is 106 g/mol. The number of rotatable bonds is 1. The van der Waals surface area contributed by atoms with Gasteiger partial charge in [-0.25, -0.2) is 0 Å². The third-order valence-electron chi connectivity index (χ3n) is 0.289. The molecule has 0 fully saturated rings. The molecule has 0 heterocycles. The zero-order valence-electron chi connectivity index (χ0n) is 5.12. The molecule has 0 aromatic heterocycles. The fourth-order valence-corrected chi connectivity index (χ4v) is 0. The van der Waals surface area contributed by atoms with Gasteiger partial charge in [0.15, 0.2) is 0 Å². The molecule has 7 heavy (non-hydrogen) atoms. The summed E-state index contributed by atoms with van der Waals surface area (Å²) in [6.07, 6.45) is 0. The van der Waals surface area contributed by atoms with Crippen molar-refractivity contribution in [2.45, 2.75) is 28.2 Å². The van der Waals surface area contributed by atoms with E-state index in [9.17, 15) is 0 Å². The van der Waals surface area contributed by atoms with E-state index in [2.05, 4.69) is 4.74 Å². The van der Waals surface area contributed by atoms with Crippen LogP contribution in [0.4, 0.5) is 0 Å². The third-order valence-corrected chi connectivity index (χ3v) is 0.289. The van der Waals surface area contributed by atoms with Gasteiger partial charge in [-0.1, -0.05) is 21.3 Å². The van der Waals surface area contributed by atoms with Crippen LogP contribution in [0.5, 0.6) is 0 Å². The molecule has 48 valence electrons. The maximum atomic E-state index is 4.54. The second-order valence-corrected chi connectivity index (χ2v) is 0.577. The first kappa shape index (κ1) is 15.8. The van der Waals surface area contributed by atoms with Crippen LogP contribution in [-0.2, 0) is 4.74 Å². The lowest BCUT2D eigenvalue weighted by Gasteiger charge is -1.76. The van der Waals surface area contributed by atoms with Crippen LogP contribution >= 0.6 is 0 Å². The highest BCUT2D eigenvalue weighted by Gasteiger charge is 1.51. The Morgan fingerprint density at radius 3 is 1.43 bits per heavy atom. The molecule has 0 saturated carbocycles. The molecule has 0 atom stereocenters. The van der Waals surface area contributed by atoms with E-state index in [1.807, 2.05) is 20.8 Å². The molecule has 0 aromatic rings. The van der Waals surface area contributed by atoms with E-state index >= 15 is 0 Å². The van der Waals surface area contributed by atoms with Gasteiger partial charge in [-0.05, 0) is 6.92 Å². The Labute approximate surface area is 47.7 Å². The van der Waals surface area contributed by atoms with E-state index in [0.29, 0.717) is 0 Å². The molecular weight excluding hydrogens is 88.1 g/mol. The highest BCUT2D eigenvalue weighted by molar-refractivity contribution is 3.94. The number of methoxy groups -OCH3 is 1. The Morgan fingerprint density at radius 2 is 1.43 bits per heavy atom. The van der Waals surface area contributed by atoms with Crippen LogP contribution in [0.2, 0.25) is 0 Å². The van der Waals surface area contributed by atoms with Crippen molar-refractivity contribution in [3.8, 4) is 0 Å². The Balaban J connectivity index is -0.0000000480.